The van der Waals surface area contributed by atoms with E-state index in [-0.39, 0.29) is 31.0 Å². The van der Waals surface area contributed by atoms with Gasteiger partial charge in [0.05, 0.1) is 11.1 Å². The Balaban J connectivity index is 1.36. The highest BCUT2D eigenvalue weighted by Gasteiger charge is 2.35. The fourth-order valence-corrected chi connectivity index (χ4v) is 5.94. The highest BCUT2D eigenvalue weighted by atomic mass is 35.5. The van der Waals surface area contributed by atoms with Gasteiger partial charge in [-0.25, -0.2) is 0 Å². The standard InChI is InChI=1S/C33H33Cl2N5O5/c34-22-15-24(35)23-17-28(38-25(23)16-22)32(44)40-27(13-19-7-3-1-4-8-19)31(43)39-26(14-21-11-12-36-30(21)42)29(41)33(45)37-18-20-9-5-2-6-10-20/h1-10,15-17,21,26-27,30,36,38,42H,11-14,18H2,(H,37,45)(H,39,43)(H,40,44)/t21-,26-,27-,30?/m0/s1. The van der Waals surface area contributed by atoms with Gasteiger partial charge in [0.1, 0.15) is 18.0 Å². The van der Waals surface area contributed by atoms with Gasteiger partial charge in [-0.1, -0.05) is 83.9 Å². The highest BCUT2D eigenvalue weighted by molar-refractivity contribution is 6.39. The van der Waals surface area contributed by atoms with Crippen LogP contribution in [-0.4, -0.2) is 58.5 Å². The zero-order valence-corrected chi connectivity index (χ0v) is 25.7. The van der Waals surface area contributed by atoms with Crippen molar-refractivity contribution < 1.29 is 24.3 Å². The van der Waals surface area contributed by atoms with E-state index in [1.54, 1.807) is 18.2 Å². The lowest BCUT2D eigenvalue weighted by Crippen LogP contribution is -2.55. The Bertz CT molecular complexity index is 1680. The van der Waals surface area contributed by atoms with Crippen LogP contribution in [0.25, 0.3) is 10.9 Å². The fourth-order valence-electron chi connectivity index (χ4n) is 5.40. The molecule has 10 nitrogen and oxygen atoms in total. The Hall–Kier alpha value is -4.22. The summed E-state index contributed by atoms with van der Waals surface area (Å²) >= 11 is 12.4. The Morgan fingerprint density at radius 3 is 2.24 bits per heavy atom. The molecular formula is C33H33Cl2N5O5. The third-order valence-electron chi connectivity index (χ3n) is 7.81. The van der Waals surface area contributed by atoms with Crippen LogP contribution in [0.5, 0.6) is 0 Å². The van der Waals surface area contributed by atoms with Crippen molar-refractivity contribution >= 4 is 57.6 Å². The molecule has 1 fully saturated rings. The fraction of sp³-hybridized carbons (Fsp3) is 0.273. The molecule has 0 spiro atoms. The summed E-state index contributed by atoms with van der Waals surface area (Å²) in [4.78, 5) is 56.6. The van der Waals surface area contributed by atoms with Gasteiger partial charge in [-0.05, 0) is 48.7 Å². The number of fused-ring (bicyclic) bond motifs is 1. The molecule has 2 heterocycles. The summed E-state index contributed by atoms with van der Waals surface area (Å²) in [6, 6.07) is 20.6. The van der Waals surface area contributed by atoms with Gasteiger partial charge in [-0.2, -0.15) is 0 Å². The van der Waals surface area contributed by atoms with Crippen LogP contribution in [0.4, 0.5) is 0 Å². The van der Waals surface area contributed by atoms with E-state index >= 15 is 0 Å². The second kappa shape index (κ2) is 14.7. The van der Waals surface area contributed by atoms with Crippen LogP contribution in [0.1, 0.15) is 34.5 Å². The molecule has 12 heteroatoms. The van der Waals surface area contributed by atoms with E-state index in [9.17, 15) is 24.3 Å². The topological polar surface area (TPSA) is 152 Å². The Labute approximate surface area is 269 Å². The summed E-state index contributed by atoms with van der Waals surface area (Å²) in [6.07, 6.45) is -0.180. The number of ketones is 1. The van der Waals surface area contributed by atoms with Crippen LogP contribution >= 0.6 is 23.2 Å². The molecule has 1 aliphatic heterocycles. The van der Waals surface area contributed by atoms with Crippen molar-refractivity contribution in [2.45, 2.75) is 44.1 Å². The molecule has 1 saturated heterocycles. The third kappa shape index (κ3) is 8.29. The van der Waals surface area contributed by atoms with Gasteiger partial charge in [0.2, 0.25) is 11.7 Å². The van der Waals surface area contributed by atoms with Crippen LogP contribution in [0.15, 0.2) is 78.9 Å². The zero-order valence-electron chi connectivity index (χ0n) is 24.2. The first-order chi connectivity index (χ1) is 21.7. The number of carbonyl (C=O) groups is 4. The number of hydrogen-bond donors (Lipinski definition) is 6. The van der Waals surface area contributed by atoms with Gasteiger partial charge >= 0.3 is 0 Å². The van der Waals surface area contributed by atoms with E-state index < -0.39 is 41.8 Å². The number of aliphatic hydroxyl groups excluding tert-OH is 1. The highest BCUT2D eigenvalue weighted by Crippen LogP contribution is 2.28. The molecule has 4 aromatic rings. The van der Waals surface area contributed by atoms with Crippen molar-refractivity contribution in [2.75, 3.05) is 6.54 Å². The van der Waals surface area contributed by atoms with Crippen molar-refractivity contribution in [3.05, 3.63) is 106 Å². The second-order valence-electron chi connectivity index (χ2n) is 11.0. The quantitative estimate of drug-likeness (QED) is 0.129. The molecule has 6 N–H and O–H groups in total. The number of aliphatic hydroxyl groups is 1. The van der Waals surface area contributed by atoms with Gasteiger partial charge in [0.15, 0.2) is 0 Å². The molecule has 0 saturated carbocycles. The largest absolute Gasteiger partial charge is 0.378 e. The summed E-state index contributed by atoms with van der Waals surface area (Å²) in [5, 5.41) is 22.7. The minimum absolute atomic E-state index is 0.0325. The normalized spacial score (nSPS) is 17.4. The summed E-state index contributed by atoms with van der Waals surface area (Å²) in [6.45, 7) is 0.666. The average molecular weight is 651 g/mol. The average Bonchev–Trinajstić information content (AvgIpc) is 3.65. The molecule has 4 atom stereocenters. The molecule has 234 valence electrons. The zero-order chi connectivity index (χ0) is 31.9. The van der Waals surface area contributed by atoms with Gasteiger partial charge in [0.25, 0.3) is 11.8 Å². The van der Waals surface area contributed by atoms with Crippen molar-refractivity contribution in [3.8, 4) is 0 Å². The lowest BCUT2D eigenvalue weighted by Gasteiger charge is -2.25. The number of amides is 3. The van der Waals surface area contributed by atoms with Crippen LogP contribution in [0.3, 0.4) is 0 Å². The lowest BCUT2D eigenvalue weighted by atomic mass is 9.94. The van der Waals surface area contributed by atoms with E-state index in [1.807, 2.05) is 60.7 Å². The van der Waals surface area contributed by atoms with Gasteiger partial charge in [-0.3, -0.25) is 24.5 Å². The molecule has 0 aliphatic carbocycles. The van der Waals surface area contributed by atoms with Crippen molar-refractivity contribution in [3.63, 3.8) is 0 Å². The predicted molar refractivity (Wildman–Crippen MR) is 172 cm³/mol. The number of hydrogen-bond acceptors (Lipinski definition) is 6. The summed E-state index contributed by atoms with van der Waals surface area (Å²) in [5.74, 6) is -3.30. The first kappa shape index (κ1) is 32.2. The van der Waals surface area contributed by atoms with E-state index in [0.29, 0.717) is 33.9 Å². The molecule has 5 rings (SSSR count). The Morgan fingerprint density at radius 1 is 0.889 bits per heavy atom. The van der Waals surface area contributed by atoms with E-state index in [1.165, 1.54) is 0 Å². The number of Topliss-reactive ketones (excluding diaryl/α,β-unsaturated/α-hetero) is 1. The summed E-state index contributed by atoms with van der Waals surface area (Å²) < 4.78 is 0. The van der Waals surface area contributed by atoms with Crippen molar-refractivity contribution in [1.82, 2.24) is 26.3 Å². The number of H-pyrrole nitrogens is 1. The molecule has 1 unspecified atom stereocenters. The predicted octanol–water partition coefficient (Wildman–Crippen LogP) is 3.50. The van der Waals surface area contributed by atoms with Crippen LogP contribution in [0, 0.1) is 5.92 Å². The van der Waals surface area contributed by atoms with E-state index in [2.05, 4.69) is 26.3 Å². The molecule has 3 amide bonds. The molecule has 1 aliphatic rings. The first-order valence-electron chi connectivity index (χ1n) is 14.6. The van der Waals surface area contributed by atoms with E-state index in [0.717, 1.165) is 11.1 Å². The molecule has 0 bridgehead atoms. The maximum atomic E-state index is 13.8. The maximum absolute atomic E-state index is 13.8. The second-order valence-corrected chi connectivity index (χ2v) is 11.9. The number of carbonyl (C=O) groups excluding carboxylic acids is 4. The first-order valence-corrected chi connectivity index (χ1v) is 15.3. The van der Waals surface area contributed by atoms with Crippen LogP contribution in [0.2, 0.25) is 10.0 Å². The molecular weight excluding hydrogens is 617 g/mol. The third-order valence-corrected chi connectivity index (χ3v) is 8.34. The molecule has 3 aromatic carbocycles. The monoisotopic (exact) mass is 649 g/mol. The summed E-state index contributed by atoms with van der Waals surface area (Å²) in [7, 11) is 0. The van der Waals surface area contributed by atoms with Crippen molar-refractivity contribution in [1.29, 1.82) is 0 Å². The van der Waals surface area contributed by atoms with Crippen LogP contribution in [-0.2, 0) is 27.3 Å². The number of rotatable bonds is 12. The number of halogens is 2. The molecule has 1 aromatic heterocycles. The van der Waals surface area contributed by atoms with Crippen molar-refractivity contribution in [2.24, 2.45) is 5.92 Å². The summed E-state index contributed by atoms with van der Waals surface area (Å²) in [5.41, 5.74) is 2.29. The minimum atomic E-state index is -1.24. The number of aromatic amines is 1. The lowest BCUT2D eigenvalue weighted by molar-refractivity contribution is -0.140. The van der Waals surface area contributed by atoms with Gasteiger partial charge in [0, 0.05) is 34.8 Å². The van der Waals surface area contributed by atoms with Gasteiger partial charge < -0.3 is 26.0 Å². The Kier molecular flexibility index (Phi) is 10.5. The minimum Gasteiger partial charge on any atom is -0.378 e. The van der Waals surface area contributed by atoms with Gasteiger partial charge in [-0.15, -0.1) is 0 Å². The SMILES string of the molecule is O=C(NCc1ccccc1)C(=O)[C@H](C[C@@H]1CCNC1O)NC(=O)[C@H](Cc1ccccc1)NC(=O)c1cc2c(Cl)cc(Cl)cc2[nH]1. The number of nitrogens with one attached hydrogen (secondary N) is 5. The molecule has 45 heavy (non-hydrogen) atoms. The van der Waals surface area contributed by atoms with E-state index in [4.69, 9.17) is 23.2 Å². The van der Waals surface area contributed by atoms with Crippen LogP contribution < -0.4 is 21.3 Å². The molecule has 0 radical (unpaired) electrons. The number of aromatic nitrogens is 1. The number of benzene rings is 3. The maximum Gasteiger partial charge on any atom is 0.289 e. The Morgan fingerprint density at radius 2 is 1.58 bits per heavy atom. The smallest absolute Gasteiger partial charge is 0.289 e.